The number of likely N-dealkylation sites (tertiary alicyclic amines) is 1. The van der Waals surface area contributed by atoms with Gasteiger partial charge in [-0.15, -0.1) is 0 Å². The van der Waals surface area contributed by atoms with E-state index in [4.69, 9.17) is 27.1 Å². The Hall–Kier alpha value is -2.27. The number of hydrogen-bond donors (Lipinski definition) is 1. The van der Waals surface area contributed by atoms with Crippen molar-refractivity contribution in [1.29, 1.82) is 0 Å². The van der Waals surface area contributed by atoms with E-state index in [0.29, 0.717) is 36.3 Å². The van der Waals surface area contributed by atoms with Crippen LogP contribution in [0.15, 0.2) is 30.5 Å². The zero-order valence-electron chi connectivity index (χ0n) is 16.2. The highest BCUT2D eigenvalue weighted by Gasteiger charge is 2.35. The van der Waals surface area contributed by atoms with Gasteiger partial charge in [-0.1, -0.05) is 17.7 Å². The minimum atomic E-state index is -0.211. The summed E-state index contributed by atoms with van der Waals surface area (Å²) in [6.45, 7) is 3.67. The maximum atomic E-state index is 12.1. The first-order valence-corrected chi connectivity index (χ1v) is 10.4. The molecule has 2 aliphatic rings. The first kappa shape index (κ1) is 19.1. The van der Waals surface area contributed by atoms with E-state index >= 15 is 0 Å². The third-order valence-corrected chi connectivity index (χ3v) is 6.34. The van der Waals surface area contributed by atoms with Crippen molar-refractivity contribution in [2.75, 3.05) is 25.4 Å². The van der Waals surface area contributed by atoms with Crippen LogP contribution in [-0.2, 0) is 17.6 Å². The van der Waals surface area contributed by atoms with Crippen molar-refractivity contribution in [2.45, 2.75) is 38.5 Å². The fraction of sp³-hybridized carbons (Fsp3) is 0.455. The molecule has 4 rings (SSSR count). The molecule has 5 nitrogen and oxygen atoms in total. The number of rotatable bonds is 2. The highest BCUT2D eigenvalue weighted by Crippen LogP contribution is 2.43. The van der Waals surface area contributed by atoms with Crippen LogP contribution < -0.4 is 5.73 Å². The van der Waals surface area contributed by atoms with Crippen LogP contribution in [0.1, 0.15) is 48.1 Å². The average Bonchev–Trinajstić information content (AvgIpc) is 2.86. The molecule has 2 aromatic rings. The number of hydrogen-bond acceptors (Lipinski definition) is 4. The van der Waals surface area contributed by atoms with E-state index in [0.717, 1.165) is 31.4 Å². The molecule has 1 aliphatic heterocycles. The fourth-order valence-corrected chi connectivity index (χ4v) is 4.81. The van der Waals surface area contributed by atoms with Crippen molar-refractivity contribution in [3.8, 4) is 0 Å². The molecule has 1 unspecified atom stereocenters. The molecular formula is C22H26ClN3O2. The number of halogens is 1. The molecule has 1 aliphatic carbocycles. The number of carbonyl (C=O) groups is 1. The number of fused-ring (bicyclic) bond motifs is 2. The van der Waals surface area contributed by atoms with Crippen LogP contribution in [0.3, 0.4) is 0 Å². The Bertz CT molecular complexity index is 878. The summed E-state index contributed by atoms with van der Waals surface area (Å²) in [5, 5.41) is 0.619. The Kier molecular flexibility index (Phi) is 5.44. The second-order valence-electron chi connectivity index (χ2n) is 7.62. The number of piperidine rings is 1. The number of nitrogens with two attached hydrogens (primary N) is 1. The van der Waals surface area contributed by atoms with E-state index in [9.17, 15) is 4.79 Å². The van der Waals surface area contributed by atoms with Gasteiger partial charge in [0.25, 0.3) is 0 Å². The number of ether oxygens (including phenoxy) is 1. The molecule has 1 aromatic heterocycles. The number of nitrogens with zero attached hydrogens (tertiary/aromatic N) is 2. The van der Waals surface area contributed by atoms with Crippen LogP contribution in [0.25, 0.3) is 0 Å². The normalized spacial score (nSPS) is 19.5. The predicted octanol–water partition coefficient (Wildman–Crippen LogP) is 4.42. The van der Waals surface area contributed by atoms with Gasteiger partial charge in [0.05, 0.1) is 23.0 Å². The molecule has 0 spiro atoms. The maximum Gasteiger partial charge on any atom is 0.409 e. The van der Waals surface area contributed by atoms with E-state index in [1.54, 1.807) is 0 Å². The second-order valence-corrected chi connectivity index (χ2v) is 8.03. The van der Waals surface area contributed by atoms with Gasteiger partial charge in [-0.2, -0.15) is 0 Å². The third kappa shape index (κ3) is 3.55. The number of amides is 1. The topological polar surface area (TPSA) is 68.5 Å². The zero-order valence-corrected chi connectivity index (χ0v) is 16.9. The summed E-state index contributed by atoms with van der Waals surface area (Å²) in [5.41, 5.74) is 11.8. The van der Waals surface area contributed by atoms with E-state index in [-0.39, 0.29) is 12.0 Å². The van der Waals surface area contributed by atoms with Crippen molar-refractivity contribution in [1.82, 2.24) is 9.88 Å². The Balaban J connectivity index is 1.68. The lowest BCUT2D eigenvalue weighted by molar-refractivity contribution is 0.0900. The fourth-order valence-electron chi connectivity index (χ4n) is 4.62. The molecule has 1 amide bonds. The first-order valence-electron chi connectivity index (χ1n) is 10.0. The molecule has 1 atom stereocenters. The van der Waals surface area contributed by atoms with Crippen molar-refractivity contribution in [3.63, 3.8) is 0 Å². The molecule has 1 aromatic carbocycles. The maximum absolute atomic E-state index is 12.1. The Labute approximate surface area is 170 Å². The molecule has 0 bridgehead atoms. The van der Waals surface area contributed by atoms with Gasteiger partial charge in [0.2, 0.25) is 0 Å². The summed E-state index contributed by atoms with van der Waals surface area (Å²) in [5.74, 6) is 0.578. The van der Waals surface area contributed by atoms with E-state index < -0.39 is 0 Å². The molecule has 28 heavy (non-hydrogen) atoms. The van der Waals surface area contributed by atoms with Gasteiger partial charge in [-0.3, -0.25) is 4.98 Å². The number of carbonyl (C=O) groups excluding carboxylic acids is 1. The van der Waals surface area contributed by atoms with E-state index in [2.05, 4.69) is 6.07 Å². The highest BCUT2D eigenvalue weighted by molar-refractivity contribution is 6.33. The second kappa shape index (κ2) is 8.00. The molecule has 2 heterocycles. The highest BCUT2D eigenvalue weighted by atomic mass is 35.5. The Morgan fingerprint density at radius 2 is 2.04 bits per heavy atom. The van der Waals surface area contributed by atoms with Crippen molar-refractivity contribution in [3.05, 3.63) is 57.9 Å². The van der Waals surface area contributed by atoms with Gasteiger partial charge in [0.15, 0.2) is 0 Å². The smallest absolute Gasteiger partial charge is 0.409 e. The summed E-state index contributed by atoms with van der Waals surface area (Å²) in [4.78, 5) is 18.7. The molecule has 1 saturated heterocycles. The van der Waals surface area contributed by atoms with E-state index in [1.165, 1.54) is 16.7 Å². The van der Waals surface area contributed by atoms with Crippen LogP contribution in [0.5, 0.6) is 0 Å². The van der Waals surface area contributed by atoms with Crippen LogP contribution >= 0.6 is 11.6 Å². The summed E-state index contributed by atoms with van der Waals surface area (Å²) in [7, 11) is 0. The molecule has 2 N–H and O–H groups in total. The summed E-state index contributed by atoms with van der Waals surface area (Å²) in [6.07, 6.45) is 5.39. The van der Waals surface area contributed by atoms with Crippen molar-refractivity contribution >= 4 is 23.4 Å². The molecule has 0 radical (unpaired) electrons. The molecule has 1 fully saturated rings. The SMILES string of the molecule is CCOC(=O)N1CCC(C2c3cc(N)c(Cl)cc3CCc3cccnc32)CC1. The number of aryl methyl sites for hydroxylation is 2. The van der Waals surface area contributed by atoms with Gasteiger partial charge in [-0.05, 0) is 73.4 Å². The first-order chi connectivity index (χ1) is 13.6. The summed E-state index contributed by atoms with van der Waals surface area (Å²) < 4.78 is 5.17. The van der Waals surface area contributed by atoms with Crippen molar-refractivity contribution in [2.24, 2.45) is 5.92 Å². The van der Waals surface area contributed by atoms with Gasteiger partial charge >= 0.3 is 6.09 Å². The number of anilines is 1. The monoisotopic (exact) mass is 399 g/mol. The van der Waals surface area contributed by atoms with Crippen molar-refractivity contribution < 1.29 is 9.53 Å². The van der Waals surface area contributed by atoms with Gasteiger partial charge in [0.1, 0.15) is 0 Å². The molecule has 0 saturated carbocycles. The van der Waals surface area contributed by atoms with Gasteiger partial charge in [0, 0.05) is 25.2 Å². The third-order valence-electron chi connectivity index (χ3n) is 6.01. The molecular weight excluding hydrogens is 374 g/mol. The van der Waals surface area contributed by atoms with E-state index in [1.807, 2.05) is 36.2 Å². The lowest BCUT2D eigenvalue weighted by atomic mass is 9.76. The van der Waals surface area contributed by atoms with Crippen LogP contribution in [0, 0.1) is 5.92 Å². The number of aromatic nitrogens is 1. The summed E-state index contributed by atoms with van der Waals surface area (Å²) >= 11 is 6.33. The molecule has 6 heteroatoms. The number of benzene rings is 1. The Morgan fingerprint density at radius 3 is 2.79 bits per heavy atom. The lowest BCUT2D eigenvalue weighted by Crippen LogP contribution is -2.40. The minimum absolute atomic E-state index is 0.178. The quantitative estimate of drug-likeness (QED) is 0.759. The Morgan fingerprint density at radius 1 is 1.29 bits per heavy atom. The van der Waals surface area contributed by atoms with Crippen LogP contribution in [0.4, 0.5) is 10.5 Å². The molecule has 148 valence electrons. The number of pyridine rings is 1. The minimum Gasteiger partial charge on any atom is -0.450 e. The standard InChI is InChI=1S/C22H26ClN3O2/c1-2-28-22(27)26-10-7-14(8-11-26)20-17-13-19(24)18(23)12-16(17)6-5-15-4-3-9-25-21(15)20/h3-4,9,12-14,20H,2,5-8,10-11,24H2,1H3. The van der Waals surface area contributed by atoms with Gasteiger partial charge < -0.3 is 15.4 Å². The zero-order chi connectivity index (χ0) is 19.7. The summed E-state index contributed by atoms with van der Waals surface area (Å²) in [6, 6.07) is 8.26. The van der Waals surface area contributed by atoms with Crippen LogP contribution in [0.2, 0.25) is 5.02 Å². The number of nitrogen functional groups attached to an aromatic ring is 1. The average molecular weight is 400 g/mol. The lowest BCUT2D eigenvalue weighted by Gasteiger charge is -2.36. The van der Waals surface area contributed by atoms with Crippen LogP contribution in [-0.4, -0.2) is 35.7 Å². The largest absolute Gasteiger partial charge is 0.450 e. The van der Waals surface area contributed by atoms with Gasteiger partial charge in [-0.25, -0.2) is 4.79 Å². The predicted molar refractivity (Wildman–Crippen MR) is 111 cm³/mol.